The average Bonchev–Trinajstić information content (AvgIpc) is 3.94. The van der Waals surface area contributed by atoms with E-state index in [4.69, 9.17) is 14.2 Å². The van der Waals surface area contributed by atoms with Gasteiger partial charge in [0.2, 0.25) is 29.5 Å². The molecule has 1 aromatic heterocycles. The molecule has 0 radical (unpaired) electrons. The molecule has 3 aromatic rings. The van der Waals surface area contributed by atoms with Crippen LogP contribution in [0.5, 0.6) is 0 Å². The van der Waals surface area contributed by atoms with Crippen LogP contribution in [0.1, 0.15) is 79.2 Å². The Bertz CT molecular complexity index is 2070. The summed E-state index contributed by atoms with van der Waals surface area (Å²) in [5.41, 5.74) is 6.52. The third-order valence-corrected chi connectivity index (χ3v) is 12.1. The van der Waals surface area contributed by atoms with Gasteiger partial charge in [0.1, 0.15) is 24.7 Å². The average molecular weight is 861 g/mol. The molecule has 17 heteroatoms. The molecule has 3 aliphatic heterocycles. The van der Waals surface area contributed by atoms with Crippen LogP contribution >= 0.6 is 11.3 Å². The highest BCUT2D eigenvalue weighted by Crippen LogP contribution is 2.31. The summed E-state index contributed by atoms with van der Waals surface area (Å²) in [6.45, 7) is 9.21. The van der Waals surface area contributed by atoms with E-state index in [2.05, 4.69) is 20.9 Å². The summed E-state index contributed by atoms with van der Waals surface area (Å²) >= 11 is 1.57. The van der Waals surface area contributed by atoms with Crippen LogP contribution < -0.4 is 16.0 Å². The minimum absolute atomic E-state index is 0.0240. The Morgan fingerprint density at radius 2 is 1.72 bits per heavy atom. The number of rotatable bonds is 19. The van der Waals surface area contributed by atoms with E-state index in [-0.39, 0.29) is 63.5 Å². The van der Waals surface area contributed by atoms with E-state index in [0.29, 0.717) is 44.8 Å². The Morgan fingerprint density at radius 3 is 2.41 bits per heavy atom. The zero-order valence-electron chi connectivity index (χ0n) is 35.2. The van der Waals surface area contributed by atoms with Crippen molar-refractivity contribution in [2.24, 2.45) is 5.41 Å². The second kappa shape index (κ2) is 20.7. The van der Waals surface area contributed by atoms with E-state index in [1.165, 1.54) is 4.90 Å². The van der Waals surface area contributed by atoms with Gasteiger partial charge >= 0.3 is 0 Å². The summed E-state index contributed by atoms with van der Waals surface area (Å²) in [6.07, 6.45) is 1.15. The van der Waals surface area contributed by atoms with Gasteiger partial charge in [0, 0.05) is 44.6 Å². The van der Waals surface area contributed by atoms with Gasteiger partial charge in [-0.3, -0.25) is 34.1 Å². The highest BCUT2D eigenvalue weighted by molar-refractivity contribution is 7.13. The van der Waals surface area contributed by atoms with Crippen molar-refractivity contribution in [3.8, 4) is 10.4 Å². The second-order valence-electron chi connectivity index (χ2n) is 16.7. The van der Waals surface area contributed by atoms with Crippen molar-refractivity contribution in [2.45, 2.75) is 97.1 Å². The smallest absolute Gasteiger partial charge is 0.255 e. The first-order chi connectivity index (χ1) is 29.2. The molecule has 4 heterocycles. The molecular formula is C44H56N6O10S. The molecule has 3 aliphatic rings. The van der Waals surface area contributed by atoms with Crippen molar-refractivity contribution in [3.63, 3.8) is 0 Å². The van der Waals surface area contributed by atoms with Gasteiger partial charge in [-0.25, -0.2) is 4.98 Å². The van der Waals surface area contributed by atoms with E-state index in [1.54, 1.807) is 27.8 Å². The number of amides is 6. The number of carbonyl (C=O) groups is 6. The lowest BCUT2D eigenvalue weighted by atomic mass is 9.85. The Morgan fingerprint density at radius 1 is 1.00 bits per heavy atom. The van der Waals surface area contributed by atoms with Crippen molar-refractivity contribution >= 4 is 46.8 Å². The van der Waals surface area contributed by atoms with Crippen molar-refractivity contribution in [1.29, 1.82) is 0 Å². The van der Waals surface area contributed by atoms with E-state index in [0.717, 1.165) is 39.2 Å². The van der Waals surface area contributed by atoms with Crippen LogP contribution in [0, 0.1) is 12.3 Å². The van der Waals surface area contributed by atoms with Gasteiger partial charge in [-0.2, -0.15) is 0 Å². The van der Waals surface area contributed by atoms with Gasteiger partial charge in [0.15, 0.2) is 0 Å². The fourth-order valence-corrected chi connectivity index (χ4v) is 8.65. The first kappa shape index (κ1) is 45.5. The number of carbonyl (C=O) groups excluding carboxylic acids is 6. The molecule has 0 saturated carbocycles. The van der Waals surface area contributed by atoms with E-state index in [1.807, 2.05) is 64.1 Å². The molecule has 2 saturated heterocycles. The topological polar surface area (TPSA) is 206 Å². The number of imide groups is 1. The molecule has 1 unspecified atom stereocenters. The largest absolute Gasteiger partial charge is 0.391 e. The third kappa shape index (κ3) is 11.7. The normalized spacial score (nSPS) is 19.5. The monoisotopic (exact) mass is 860 g/mol. The van der Waals surface area contributed by atoms with Crippen LogP contribution in [0.25, 0.3) is 10.4 Å². The number of aryl methyl sites for hydroxylation is 2. The lowest BCUT2D eigenvalue weighted by Gasteiger charge is -2.35. The minimum Gasteiger partial charge on any atom is -0.391 e. The Hall–Kier alpha value is -5.07. The molecule has 328 valence electrons. The molecule has 0 spiro atoms. The maximum Gasteiger partial charge on any atom is 0.255 e. The number of nitrogens with one attached hydrogen (secondary N) is 3. The van der Waals surface area contributed by atoms with Crippen LogP contribution in [-0.2, 0) is 57.7 Å². The number of aromatic nitrogens is 1. The lowest BCUT2D eigenvalue weighted by Crippen LogP contribution is -2.58. The summed E-state index contributed by atoms with van der Waals surface area (Å²) < 4.78 is 16.8. The molecule has 6 amide bonds. The molecule has 6 rings (SSSR count). The number of aliphatic hydroxyl groups is 1. The van der Waals surface area contributed by atoms with Gasteiger partial charge in [-0.15, -0.1) is 11.3 Å². The Kier molecular flexibility index (Phi) is 15.4. The number of fused-ring (bicyclic) bond motifs is 1. The number of hydrogen-bond donors (Lipinski definition) is 4. The number of benzene rings is 2. The number of thiazole rings is 1. The van der Waals surface area contributed by atoms with Crippen LogP contribution in [-0.4, -0.2) is 126 Å². The van der Waals surface area contributed by atoms with Crippen molar-refractivity contribution in [1.82, 2.24) is 30.7 Å². The summed E-state index contributed by atoms with van der Waals surface area (Å²) in [4.78, 5) is 85.6. The van der Waals surface area contributed by atoms with Gasteiger partial charge in [-0.1, -0.05) is 57.2 Å². The Balaban J connectivity index is 0.859. The van der Waals surface area contributed by atoms with Crippen molar-refractivity contribution < 1.29 is 48.1 Å². The number of likely N-dealkylation sites (tertiary alicyclic amines) is 1. The van der Waals surface area contributed by atoms with Crippen LogP contribution in [0.4, 0.5) is 0 Å². The quantitative estimate of drug-likeness (QED) is 0.102. The zero-order valence-corrected chi connectivity index (χ0v) is 36.0. The number of β-amino-alcohol motifs (C(OH)–C–C–N with tert-alkyl or cyclic N) is 1. The molecule has 0 aliphatic carbocycles. The van der Waals surface area contributed by atoms with Gasteiger partial charge in [0.05, 0.1) is 48.6 Å². The minimum atomic E-state index is -0.974. The molecule has 16 nitrogen and oxygen atoms in total. The van der Waals surface area contributed by atoms with E-state index < -0.39 is 47.4 Å². The van der Waals surface area contributed by atoms with Gasteiger partial charge in [0.25, 0.3) is 5.91 Å². The van der Waals surface area contributed by atoms with Crippen LogP contribution in [0.2, 0.25) is 0 Å². The highest BCUT2D eigenvalue weighted by Gasteiger charge is 2.44. The molecule has 4 N–H and O–H groups in total. The molecule has 61 heavy (non-hydrogen) atoms. The third-order valence-electron chi connectivity index (χ3n) is 11.1. The lowest BCUT2D eigenvalue weighted by molar-refractivity contribution is -0.144. The summed E-state index contributed by atoms with van der Waals surface area (Å²) in [5.74, 6) is -2.27. The van der Waals surface area contributed by atoms with Crippen LogP contribution in [0.15, 0.2) is 48.0 Å². The van der Waals surface area contributed by atoms with Gasteiger partial charge < -0.3 is 39.8 Å². The number of hydrogen-bond acceptors (Lipinski definition) is 12. The fourth-order valence-electron chi connectivity index (χ4n) is 7.84. The molecular weight excluding hydrogens is 805 g/mol. The number of nitrogens with zero attached hydrogens (tertiary/aromatic N) is 3. The van der Waals surface area contributed by atoms with Gasteiger partial charge in [-0.05, 0) is 59.9 Å². The second-order valence-corrected chi connectivity index (χ2v) is 17.5. The van der Waals surface area contributed by atoms with E-state index in [9.17, 15) is 33.9 Å². The number of piperidine rings is 1. The Labute approximate surface area is 359 Å². The highest BCUT2D eigenvalue weighted by atomic mass is 32.1. The molecule has 0 bridgehead atoms. The van der Waals surface area contributed by atoms with Crippen molar-refractivity contribution in [3.05, 3.63) is 75.9 Å². The van der Waals surface area contributed by atoms with E-state index >= 15 is 0 Å². The first-order valence-electron chi connectivity index (χ1n) is 20.7. The SMILES string of the molecule is Cc1ncsc1-c1ccc(CNC(=O)[C@@H]2C[C@@H](O)CN2C(=O)[C@@H](NC(=O)COCCOCCOCCCc2cccc3c2CN(C2CCC(=O)NC2=O)C3=O)C(C)(C)C)cc1. The summed E-state index contributed by atoms with van der Waals surface area (Å²) in [7, 11) is 0. The van der Waals surface area contributed by atoms with Crippen molar-refractivity contribution in [2.75, 3.05) is 46.2 Å². The summed E-state index contributed by atoms with van der Waals surface area (Å²) in [6, 6.07) is 10.9. The predicted octanol–water partition coefficient (Wildman–Crippen LogP) is 2.67. The molecule has 2 aromatic carbocycles. The standard InChI is InChI=1S/C44H56N6O10S/c1-27-38(61-26-46-27)30-12-10-28(11-13-30)22-45-40(54)35-21-31(51)23-49(35)43(57)39(44(2,3)4)47-37(53)25-60-20-19-59-18-17-58-16-6-8-29-7-5-9-32-33(29)24-50(42(32)56)34-14-15-36(52)48-41(34)55/h5,7,9-13,26,31,34-35,39,51H,6,8,14-25H2,1-4H3,(H,45,54)(H,47,53)(H,48,52,55)/t31-,34?,35+,39-/m1/s1. The predicted molar refractivity (Wildman–Crippen MR) is 225 cm³/mol. The fraction of sp³-hybridized carbons (Fsp3) is 0.523. The first-order valence-corrected chi connectivity index (χ1v) is 21.6. The number of aliphatic hydroxyl groups excluding tert-OH is 1. The van der Waals surface area contributed by atoms with Crippen LogP contribution in [0.3, 0.4) is 0 Å². The molecule has 2 fully saturated rings. The summed E-state index contributed by atoms with van der Waals surface area (Å²) in [5, 5.41) is 18.6. The zero-order chi connectivity index (χ0) is 43.7. The maximum absolute atomic E-state index is 13.9. The maximum atomic E-state index is 13.9. The number of ether oxygens (including phenoxy) is 3. The molecule has 4 atom stereocenters.